The first-order chi connectivity index (χ1) is 12.1. The Labute approximate surface area is 154 Å². The van der Waals surface area contributed by atoms with Gasteiger partial charge in [-0.15, -0.1) is 0 Å². The van der Waals surface area contributed by atoms with Crippen molar-refractivity contribution in [2.75, 3.05) is 0 Å². The van der Waals surface area contributed by atoms with Crippen LogP contribution in [-0.4, -0.2) is 20.1 Å². The zero-order chi connectivity index (χ0) is 17.6. The van der Waals surface area contributed by atoms with E-state index in [-0.39, 0.29) is 6.61 Å². The van der Waals surface area contributed by atoms with Crippen LogP contribution in [0.2, 0.25) is 5.02 Å². The lowest BCUT2D eigenvalue weighted by Gasteiger charge is -2.23. The molecule has 7 heteroatoms. The number of H-pyrrole nitrogens is 1. The van der Waals surface area contributed by atoms with Crippen LogP contribution < -0.4 is 4.74 Å². The van der Waals surface area contributed by atoms with Gasteiger partial charge in [-0.1, -0.05) is 36.0 Å². The largest absolute Gasteiger partial charge is 0.438 e. The molecule has 0 bridgehead atoms. The average molecular weight is 372 g/mol. The number of aromatic nitrogens is 3. The molecule has 1 aliphatic heterocycles. The van der Waals surface area contributed by atoms with Crippen LogP contribution in [0, 0.1) is 11.6 Å². The van der Waals surface area contributed by atoms with Gasteiger partial charge in [0.2, 0.25) is 5.88 Å². The van der Waals surface area contributed by atoms with Gasteiger partial charge in [0.25, 0.3) is 0 Å². The number of halogens is 1. The average Bonchev–Trinajstić information content (AvgIpc) is 2.61. The third kappa shape index (κ3) is 2.72. The van der Waals surface area contributed by atoms with E-state index in [0.29, 0.717) is 33.5 Å². The van der Waals surface area contributed by atoms with Crippen molar-refractivity contribution in [1.82, 2.24) is 15.0 Å². The van der Waals surface area contributed by atoms with Gasteiger partial charge in [0.1, 0.15) is 10.5 Å². The van der Waals surface area contributed by atoms with Gasteiger partial charge in [0.15, 0.2) is 5.75 Å². The molecule has 2 aromatic heterocycles. The molecule has 0 saturated carbocycles. The van der Waals surface area contributed by atoms with Crippen molar-refractivity contribution in [2.24, 2.45) is 0 Å². The smallest absolute Gasteiger partial charge is 0.205 e. The van der Waals surface area contributed by atoms with Gasteiger partial charge >= 0.3 is 0 Å². The van der Waals surface area contributed by atoms with Crippen molar-refractivity contribution >= 4 is 23.8 Å². The van der Waals surface area contributed by atoms with Gasteiger partial charge in [-0.3, -0.25) is 4.98 Å². The highest BCUT2D eigenvalue weighted by molar-refractivity contribution is 7.71. The number of benzene rings is 1. The molecule has 0 spiro atoms. The Hall–Kier alpha value is -2.28. The fourth-order valence-electron chi connectivity index (χ4n) is 2.92. The summed E-state index contributed by atoms with van der Waals surface area (Å²) < 4.78 is 6.51. The van der Waals surface area contributed by atoms with Crippen LogP contribution in [0.3, 0.4) is 0 Å². The summed E-state index contributed by atoms with van der Waals surface area (Å²) in [6.45, 7) is 1.77. The Morgan fingerprint density at radius 1 is 1.32 bits per heavy atom. The number of rotatable bonds is 2. The molecule has 0 unspecified atom stereocenters. The topological polar surface area (TPSA) is 71.0 Å². The van der Waals surface area contributed by atoms with Gasteiger partial charge in [-0.2, -0.15) is 0 Å². The van der Waals surface area contributed by atoms with Crippen LogP contribution in [0.1, 0.15) is 22.4 Å². The van der Waals surface area contributed by atoms with E-state index in [1.807, 2.05) is 25.1 Å². The summed E-state index contributed by atoms with van der Waals surface area (Å²) in [5, 5.41) is 10.1. The first-order valence-corrected chi connectivity index (χ1v) is 8.51. The van der Waals surface area contributed by atoms with Crippen molar-refractivity contribution < 1.29 is 9.84 Å². The summed E-state index contributed by atoms with van der Waals surface area (Å²) in [5.74, 6) is 1.75. The van der Waals surface area contributed by atoms with Crippen molar-refractivity contribution in [3.63, 3.8) is 0 Å². The highest BCUT2D eigenvalue weighted by Gasteiger charge is 2.25. The van der Waals surface area contributed by atoms with E-state index in [0.717, 1.165) is 27.9 Å². The van der Waals surface area contributed by atoms with Gasteiger partial charge in [-0.25, -0.2) is 4.98 Å². The molecule has 1 aliphatic rings. The monoisotopic (exact) mass is 371 g/mol. The number of ether oxygens (including phenoxy) is 1. The molecule has 1 aromatic carbocycles. The molecule has 25 heavy (non-hydrogen) atoms. The van der Waals surface area contributed by atoms with Crippen LogP contribution >= 0.6 is 23.8 Å². The van der Waals surface area contributed by atoms with Gasteiger partial charge in [-0.05, 0) is 19.1 Å². The number of aliphatic hydroxyl groups excluding tert-OH is 1. The first-order valence-electron chi connectivity index (χ1n) is 7.72. The summed E-state index contributed by atoms with van der Waals surface area (Å²) in [7, 11) is 0. The molecule has 4 rings (SSSR count). The summed E-state index contributed by atoms with van der Waals surface area (Å²) in [5.41, 5.74) is 3.93. The Morgan fingerprint density at radius 3 is 2.88 bits per heavy atom. The number of hydrogen-bond acceptors (Lipinski definition) is 5. The predicted octanol–water partition coefficient (Wildman–Crippen LogP) is 4.35. The Balaban J connectivity index is 1.87. The maximum Gasteiger partial charge on any atom is 0.205 e. The molecule has 0 radical (unpaired) electrons. The fourth-order valence-corrected chi connectivity index (χ4v) is 3.40. The molecule has 0 fully saturated rings. The third-order valence-corrected chi connectivity index (χ3v) is 4.91. The second-order valence-corrected chi connectivity index (χ2v) is 6.59. The minimum absolute atomic E-state index is 0.101. The second kappa shape index (κ2) is 6.22. The third-order valence-electron chi connectivity index (χ3n) is 4.24. The number of nitrogens with one attached hydrogen (secondary N) is 1. The van der Waals surface area contributed by atoms with Crippen LogP contribution in [0.4, 0.5) is 0 Å². The van der Waals surface area contributed by atoms with Gasteiger partial charge < -0.3 is 14.8 Å². The first kappa shape index (κ1) is 16.2. The summed E-state index contributed by atoms with van der Waals surface area (Å²) in [4.78, 5) is 12.0. The van der Waals surface area contributed by atoms with E-state index in [2.05, 4.69) is 15.0 Å². The van der Waals surface area contributed by atoms with E-state index in [1.54, 1.807) is 12.3 Å². The fraction of sp³-hybridized carbons (Fsp3) is 0.167. The van der Waals surface area contributed by atoms with E-state index >= 15 is 0 Å². The minimum Gasteiger partial charge on any atom is -0.438 e. The van der Waals surface area contributed by atoms with Crippen molar-refractivity contribution in [1.29, 1.82) is 0 Å². The Bertz CT molecular complexity index is 1050. The second-order valence-electron chi connectivity index (χ2n) is 5.79. The lowest BCUT2D eigenvalue weighted by atomic mass is 9.99. The van der Waals surface area contributed by atoms with Gasteiger partial charge in [0.05, 0.1) is 22.9 Å². The number of nitrogens with zero attached hydrogens (tertiary/aromatic N) is 2. The molecule has 2 N–H and O–H groups in total. The quantitative estimate of drug-likeness (QED) is 0.512. The normalized spacial score (nSPS) is 12.3. The van der Waals surface area contributed by atoms with Crippen molar-refractivity contribution in [3.8, 4) is 23.0 Å². The van der Waals surface area contributed by atoms with Crippen LogP contribution in [0.15, 0.2) is 30.5 Å². The highest BCUT2D eigenvalue weighted by atomic mass is 35.5. The molecule has 5 nitrogen and oxygen atoms in total. The molecular weight excluding hydrogens is 358 g/mol. The van der Waals surface area contributed by atoms with E-state index in [1.165, 1.54) is 0 Å². The number of aryl methyl sites for hydroxylation is 1. The predicted molar refractivity (Wildman–Crippen MR) is 97.6 cm³/mol. The standard InChI is InChI=1S/C18H14ClN3O2S/c1-9-15-12(10(8-23)7-20-9)6-13-17(24-15)21-16(22-18(13)25)11-4-2-3-5-14(11)19/h2-5,7,23H,6,8H2,1H3,(H,21,22,25). The maximum absolute atomic E-state index is 9.57. The van der Waals surface area contributed by atoms with Crippen molar-refractivity contribution in [2.45, 2.75) is 20.0 Å². The van der Waals surface area contributed by atoms with E-state index in [4.69, 9.17) is 28.6 Å². The molecule has 0 amide bonds. The molecule has 3 aromatic rings. The van der Waals surface area contributed by atoms with E-state index < -0.39 is 0 Å². The van der Waals surface area contributed by atoms with Crippen LogP contribution in [0.5, 0.6) is 11.6 Å². The lowest BCUT2D eigenvalue weighted by molar-refractivity contribution is 0.278. The number of aliphatic hydroxyl groups is 1. The minimum atomic E-state index is -0.101. The molecular formula is C18H14ClN3O2S. The van der Waals surface area contributed by atoms with Gasteiger partial charge in [0, 0.05) is 29.3 Å². The molecule has 0 saturated heterocycles. The Kier molecular flexibility index (Phi) is 4.03. The molecule has 0 aliphatic carbocycles. The molecule has 3 heterocycles. The SMILES string of the molecule is Cc1ncc(CO)c2c1Oc1[nH]c(-c3ccccc3Cl)nc(=S)c1C2. The lowest BCUT2D eigenvalue weighted by Crippen LogP contribution is -2.12. The number of aromatic amines is 1. The maximum atomic E-state index is 9.57. The van der Waals surface area contributed by atoms with Crippen LogP contribution in [0.25, 0.3) is 11.4 Å². The number of pyridine rings is 1. The number of fused-ring (bicyclic) bond motifs is 2. The zero-order valence-corrected chi connectivity index (χ0v) is 14.9. The molecule has 126 valence electrons. The number of hydrogen-bond donors (Lipinski definition) is 2. The van der Waals surface area contributed by atoms with Crippen LogP contribution in [-0.2, 0) is 13.0 Å². The summed E-state index contributed by atoms with van der Waals surface area (Å²) in [6, 6.07) is 7.41. The highest BCUT2D eigenvalue weighted by Crippen LogP contribution is 2.39. The van der Waals surface area contributed by atoms with E-state index in [9.17, 15) is 5.11 Å². The van der Waals surface area contributed by atoms with Crippen molar-refractivity contribution in [3.05, 3.63) is 62.5 Å². The molecule has 0 atom stereocenters. The zero-order valence-electron chi connectivity index (χ0n) is 13.3. The Morgan fingerprint density at radius 2 is 2.12 bits per heavy atom. The summed E-state index contributed by atoms with van der Waals surface area (Å²) >= 11 is 11.7. The summed E-state index contributed by atoms with van der Waals surface area (Å²) in [6.07, 6.45) is 2.20.